The molecular weight excluding hydrogens is 260 g/mol. The van der Waals surface area contributed by atoms with Crippen molar-refractivity contribution < 1.29 is 4.79 Å². The highest BCUT2D eigenvalue weighted by atomic mass is 16.1. The number of benzene rings is 1. The van der Waals surface area contributed by atoms with Crippen molar-refractivity contribution in [1.29, 1.82) is 0 Å². The highest BCUT2D eigenvalue weighted by Crippen LogP contribution is 2.62. The lowest BCUT2D eigenvalue weighted by atomic mass is 9.68. The quantitative estimate of drug-likeness (QED) is 0.893. The summed E-state index contributed by atoms with van der Waals surface area (Å²) in [6.45, 7) is 7.91. The molecule has 1 aromatic rings. The normalized spacial score (nSPS) is 33.3. The van der Waals surface area contributed by atoms with Crippen LogP contribution in [0.5, 0.6) is 0 Å². The minimum Gasteiger partial charge on any atom is -0.366 e. The van der Waals surface area contributed by atoms with Gasteiger partial charge in [0.15, 0.2) is 0 Å². The topological polar surface area (TPSA) is 55.1 Å². The molecule has 21 heavy (non-hydrogen) atoms. The van der Waals surface area contributed by atoms with Gasteiger partial charge in [-0.25, -0.2) is 0 Å². The van der Waals surface area contributed by atoms with Gasteiger partial charge in [0.1, 0.15) is 0 Å². The van der Waals surface area contributed by atoms with E-state index in [0.29, 0.717) is 22.4 Å². The molecule has 0 aliphatic heterocycles. The molecule has 3 heteroatoms. The number of carbonyl (C=O) groups is 1. The van der Waals surface area contributed by atoms with Gasteiger partial charge in [0.2, 0.25) is 5.91 Å². The van der Waals surface area contributed by atoms with Gasteiger partial charge in [-0.3, -0.25) is 4.79 Å². The van der Waals surface area contributed by atoms with Crippen molar-refractivity contribution in [2.45, 2.75) is 52.6 Å². The number of carbonyl (C=O) groups excluding carboxylic acids is 1. The first kappa shape index (κ1) is 14.6. The van der Waals surface area contributed by atoms with Crippen molar-refractivity contribution in [1.82, 2.24) is 5.32 Å². The molecule has 3 rings (SSSR count). The summed E-state index contributed by atoms with van der Waals surface area (Å²) in [5.41, 5.74) is 7.84. The van der Waals surface area contributed by atoms with Crippen LogP contribution in [0.4, 0.5) is 0 Å². The Hall–Kier alpha value is -1.35. The standard InChI is InChI=1S/C18H26N2O/c1-17(2)13-8-9-18(3,10-13)16(17)20-11-12-6-4-5-7-14(12)15(19)21/h4-7,13,16,20H,8-11H2,1-3H3,(H2,19,21). The third-order valence-corrected chi connectivity index (χ3v) is 6.05. The fraction of sp³-hybridized carbons (Fsp3) is 0.611. The summed E-state index contributed by atoms with van der Waals surface area (Å²) in [6.07, 6.45) is 4.00. The largest absolute Gasteiger partial charge is 0.366 e. The number of fused-ring (bicyclic) bond motifs is 2. The molecule has 0 radical (unpaired) electrons. The van der Waals surface area contributed by atoms with E-state index in [1.165, 1.54) is 19.3 Å². The van der Waals surface area contributed by atoms with Crippen molar-refractivity contribution in [3.8, 4) is 0 Å². The lowest BCUT2D eigenvalue weighted by molar-refractivity contribution is 0.0996. The van der Waals surface area contributed by atoms with Crippen molar-refractivity contribution in [2.24, 2.45) is 22.5 Å². The number of nitrogens with one attached hydrogen (secondary N) is 1. The molecule has 3 N–H and O–H groups in total. The minimum atomic E-state index is -0.342. The molecule has 0 heterocycles. The predicted octanol–water partition coefficient (Wildman–Crippen LogP) is 3.09. The summed E-state index contributed by atoms with van der Waals surface area (Å²) in [5, 5.41) is 3.75. The van der Waals surface area contributed by atoms with Crippen LogP contribution >= 0.6 is 0 Å². The molecule has 2 aliphatic rings. The Labute approximate surface area is 127 Å². The number of primary amides is 1. The van der Waals surface area contributed by atoms with Gasteiger partial charge in [0.05, 0.1) is 0 Å². The van der Waals surface area contributed by atoms with E-state index in [1.54, 1.807) is 0 Å². The van der Waals surface area contributed by atoms with E-state index in [0.717, 1.165) is 18.0 Å². The average Bonchev–Trinajstić information content (AvgIpc) is 2.89. The first-order chi connectivity index (χ1) is 9.84. The van der Waals surface area contributed by atoms with Crippen molar-refractivity contribution >= 4 is 5.91 Å². The molecular formula is C18H26N2O. The summed E-state index contributed by atoms with van der Waals surface area (Å²) in [4.78, 5) is 11.5. The van der Waals surface area contributed by atoms with Gasteiger partial charge in [-0.15, -0.1) is 0 Å². The highest BCUT2D eigenvalue weighted by molar-refractivity contribution is 5.94. The Morgan fingerprint density at radius 3 is 2.67 bits per heavy atom. The molecule has 0 aromatic heterocycles. The summed E-state index contributed by atoms with van der Waals surface area (Å²) in [6, 6.07) is 8.15. The van der Waals surface area contributed by atoms with Crippen LogP contribution in [0.25, 0.3) is 0 Å². The number of hydrogen-bond acceptors (Lipinski definition) is 2. The van der Waals surface area contributed by atoms with Crippen LogP contribution in [0.1, 0.15) is 56.0 Å². The number of amides is 1. The van der Waals surface area contributed by atoms with E-state index in [2.05, 4.69) is 26.1 Å². The van der Waals surface area contributed by atoms with Crippen LogP contribution in [0.2, 0.25) is 0 Å². The van der Waals surface area contributed by atoms with Crippen LogP contribution < -0.4 is 11.1 Å². The zero-order valence-electron chi connectivity index (χ0n) is 13.3. The van der Waals surface area contributed by atoms with E-state index in [9.17, 15) is 4.79 Å². The summed E-state index contributed by atoms with van der Waals surface area (Å²) in [5.74, 6) is 0.484. The van der Waals surface area contributed by atoms with Gasteiger partial charge in [-0.1, -0.05) is 39.0 Å². The summed E-state index contributed by atoms with van der Waals surface area (Å²) in [7, 11) is 0. The van der Waals surface area contributed by atoms with Gasteiger partial charge in [0.25, 0.3) is 0 Å². The maximum atomic E-state index is 11.5. The molecule has 0 spiro atoms. The molecule has 2 saturated carbocycles. The van der Waals surface area contributed by atoms with Gasteiger partial charge >= 0.3 is 0 Å². The molecule has 3 atom stereocenters. The second-order valence-corrected chi connectivity index (χ2v) is 7.75. The molecule has 0 saturated heterocycles. The van der Waals surface area contributed by atoms with Gasteiger partial charge in [-0.2, -0.15) is 0 Å². The van der Waals surface area contributed by atoms with E-state index < -0.39 is 0 Å². The Bertz CT molecular complexity index is 561. The van der Waals surface area contributed by atoms with Crippen LogP contribution in [-0.2, 0) is 6.54 Å². The van der Waals surface area contributed by atoms with Gasteiger partial charge < -0.3 is 11.1 Å². The molecule has 2 bridgehead atoms. The van der Waals surface area contributed by atoms with Crippen molar-refractivity contribution in [3.63, 3.8) is 0 Å². The predicted molar refractivity (Wildman–Crippen MR) is 84.8 cm³/mol. The number of nitrogens with two attached hydrogens (primary N) is 1. The molecule has 3 unspecified atom stereocenters. The van der Waals surface area contributed by atoms with Crippen molar-refractivity contribution in [3.05, 3.63) is 35.4 Å². The van der Waals surface area contributed by atoms with E-state index in [1.807, 2.05) is 24.3 Å². The first-order valence-electron chi connectivity index (χ1n) is 7.96. The fourth-order valence-corrected chi connectivity index (χ4v) is 4.94. The first-order valence-corrected chi connectivity index (χ1v) is 7.96. The zero-order valence-corrected chi connectivity index (χ0v) is 13.3. The molecule has 2 aliphatic carbocycles. The molecule has 2 fully saturated rings. The Morgan fingerprint density at radius 1 is 1.33 bits per heavy atom. The van der Waals surface area contributed by atoms with Gasteiger partial charge in [0, 0.05) is 18.2 Å². The molecule has 3 nitrogen and oxygen atoms in total. The highest BCUT2D eigenvalue weighted by Gasteiger charge is 2.58. The monoisotopic (exact) mass is 286 g/mol. The smallest absolute Gasteiger partial charge is 0.249 e. The summed E-state index contributed by atoms with van der Waals surface area (Å²) < 4.78 is 0. The van der Waals surface area contributed by atoms with E-state index in [4.69, 9.17) is 5.73 Å². The second-order valence-electron chi connectivity index (χ2n) is 7.75. The molecule has 1 aromatic carbocycles. The Morgan fingerprint density at radius 2 is 2.05 bits per heavy atom. The number of hydrogen-bond donors (Lipinski definition) is 2. The third-order valence-electron chi connectivity index (χ3n) is 6.05. The van der Waals surface area contributed by atoms with Crippen LogP contribution in [0.15, 0.2) is 24.3 Å². The third kappa shape index (κ3) is 2.28. The maximum Gasteiger partial charge on any atom is 0.249 e. The second kappa shape index (κ2) is 4.84. The average molecular weight is 286 g/mol. The SMILES string of the molecule is CC12CCC(C1)C(C)(C)C2NCc1ccccc1C(N)=O. The molecule has 1 amide bonds. The van der Waals surface area contributed by atoms with Crippen LogP contribution in [-0.4, -0.2) is 11.9 Å². The Kier molecular flexibility index (Phi) is 3.36. The lowest BCUT2D eigenvalue weighted by Gasteiger charge is -2.43. The van der Waals surface area contributed by atoms with Gasteiger partial charge in [-0.05, 0) is 47.6 Å². The summed E-state index contributed by atoms with van der Waals surface area (Å²) >= 11 is 0. The van der Waals surface area contributed by atoms with E-state index >= 15 is 0 Å². The lowest BCUT2D eigenvalue weighted by Crippen LogP contribution is -2.50. The molecule has 114 valence electrons. The maximum absolute atomic E-state index is 11.5. The van der Waals surface area contributed by atoms with Crippen LogP contribution in [0, 0.1) is 16.7 Å². The zero-order chi connectivity index (χ0) is 15.3. The van der Waals surface area contributed by atoms with Crippen molar-refractivity contribution in [2.75, 3.05) is 0 Å². The van der Waals surface area contributed by atoms with E-state index in [-0.39, 0.29) is 5.91 Å². The number of rotatable bonds is 4. The fourth-order valence-electron chi connectivity index (χ4n) is 4.94. The minimum absolute atomic E-state index is 0.328. The van der Waals surface area contributed by atoms with Crippen LogP contribution in [0.3, 0.4) is 0 Å². The Balaban J connectivity index is 1.78.